The summed E-state index contributed by atoms with van der Waals surface area (Å²) < 4.78 is 5.12. The van der Waals surface area contributed by atoms with Crippen molar-refractivity contribution in [1.29, 1.82) is 0 Å². The van der Waals surface area contributed by atoms with Crippen LogP contribution in [0, 0.1) is 10.1 Å². The van der Waals surface area contributed by atoms with Crippen molar-refractivity contribution in [3.63, 3.8) is 0 Å². The number of thiocarbonyl (C=S) groups is 1. The van der Waals surface area contributed by atoms with Gasteiger partial charge in [0.05, 0.1) is 17.0 Å². The molecule has 0 saturated heterocycles. The SMILES string of the molecule is CC(=O)c1ccc(C(=O)OCCNC(=S)Nc2ccc([N+](=O)[O-])cc2)cc1. The first kappa shape index (κ1) is 20.0. The number of nitrogens with one attached hydrogen (secondary N) is 2. The van der Waals surface area contributed by atoms with E-state index < -0.39 is 10.9 Å². The van der Waals surface area contributed by atoms with Crippen molar-refractivity contribution in [3.05, 3.63) is 69.8 Å². The Morgan fingerprint density at radius 3 is 2.22 bits per heavy atom. The van der Waals surface area contributed by atoms with Crippen LogP contribution in [-0.4, -0.2) is 34.9 Å². The second-order valence-electron chi connectivity index (χ2n) is 5.45. The topological polar surface area (TPSA) is 111 Å². The molecule has 2 aromatic carbocycles. The first-order valence-electron chi connectivity index (χ1n) is 7.94. The van der Waals surface area contributed by atoms with Gasteiger partial charge in [0.2, 0.25) is 0 Å². The Kier molecular flexibility index (Phi) is 6.95. The molecule has 9 heteroatoms. The Morgan fingerprint density at radius 1 is 1.07 bits per heavy atom. The van der Waals surface area contributed by atoms with Crippen molar-refractivity contribution in [3.8, 4) is 0 Å². The normalized spacial score (nSPS) is 9.96. The summed E-state index contributed by atoms with van der Waals surface area (Å²) in [6, 6.07) is 12.0. The van der Waals surface area contributed by atoms with Gasteiger partial charge in [0, 0.05) is 23.4 Å². The minimum absolute atomic E-state index is 0.0114. The number of carbonyl (C=O) groups is 2. The van der Waals surface area contributed by atoms with E-state index in [1.54, 1.807) is 12.1 Å². The van der Waals surface area contributed by atoms with Gasteiger partial charge in [-0.2, -0.15) is 0 Å². The second kappa shape index (κ2) is 9.39. The highest BCUT2D eigenvalue weighted by Gasteiger charge is 2.08. The van der Waals surface area contributed by atoms with E-state index in [9.17, 15) is 19.7 Å². The van der Waals surface area contributed by atoms with E-state index in [0.29, 0.717) is 21.9 Å². The smallest absolute Gasteiger partial charge is 0.338 e. The zero-order valence-corrected chi connectivity index (χ0v) is 15.2. The van der Waals surface area contributed by atoms with Crippen LogP contribution < -0.4 is 10.6 Å². The van der Waals surface area contributed by atoms with Gasteiger partial charge in [-0.05, 0) is 43.4 Å². The Bertz CT molecular complexity index is 850. The van der Waals surface area contributed by atoms with Gasteiger partial charge in [-0.1, -0.05) is 12.1 Å². The van der Waals surface area contributed by atoms with Gasteiger partial charge in [0.25, 0.3) is 5.69 Å². The minimum atomic E-state index is -0.499. The number of non-ortho nitro benzene ring substituents is 1. The Hall–Kier alpha value is -3.33. The van der Waals surface area contributed by atoms with Crippen LogP contribution in [-0.2, 0) is 4.74 Å². The summed E-state index contributed by atoms with van der Waals surface area (Å²) in [5, 5.41) is 16.6. The van der Waals surface area contributed by atoms with E-state index in [2.05, 4.69) is 10.6 Å². The van der Waals surface area contributed by atoms with Crippen LogP contribution in [0.3, 0.4) is 0 Å². The zero-order chi connectivity index (χ0) is 19.8. The van der Waals surface area contributed by atoms with Gasteiger partial charge in [0.15, 0.2) is 10.9 Å². The maximum absolute atomic E-state index is 11.9. The average molecular weight is 387 g/mol. The Morgan fingerprint density at radius 2 is 1.67 bits per heavy atom. The quantitative estimate of drug-likeness (QED) is 0.186. The highest BCUT2D eigenvalue weighted by molar-refractivity contribution is 7.80. The monoisotopic (exact) mass is 387 g/mol. The molecule has 0 aliphatic heterocycles. The lowest BCUT2D eigenvalue weighted by Gasteiger charge is -2.11. The number of anilines is 1. The van der Waals surface area contributed by atoms with E-state index >= 15 is 0 Å². The summed E-state index contributed by atoms with van der Waals surface area (Å²) in [7, 11) is 0. The standard InChI is InChI=1S/C18H17N3O5S/c1-12(22)13-2-4-14(5-3-13)17(23)26-11-10-19-18(27)20-15-6-8-16(9-7-15)21(24)25/h2-9H,10-11H2,1H3,(H2,19,20,27). The lowest BCUT2D eigenvalue weighted by Crippen LogP contribution is -2.31. The molecule has 140 valence electrons. The third-order valence-electron chi connectivity index (χ3n) is 3.48. The van der Waals surface area contributed by atoms with Crippen LogP contribution in [0.5, 0.6) is 0 Å². The molecule has 2 aromatic rings. The second-order valence-corrected chi connectivity index (χ2v) is 5.86. The molecule has 0 atom stereocenters. The van der Waals surface area contributed by atoms with Crippen molar-refractivity contribution in [1.82, 2.24) is 5.32 Å². The van der Waals surface area contributed by atoms with E-state index in [1.165, 1.54) is 43.3 Å². The molecule has 0 heterocycles. The van der Waals surface area contributed by atoms with Crippen LogP contribution in [0.25, 0.3) is 0 Å². The maximum atomic E-state index is 11.9. The molecule has 0 aliphatic carbocycles. The van der Waals surface area contributed by atoms with Crippen molar-refractivity contribution in [2.45, 2.75) is 6.92 Å². The molecule has 0 bridgehead atoms. The highest BCUT2D eigenvalue weighted by Crippen LogP contribution is 2.15. The van der Waals surface area contributed by atoms with Crippen molar-refractivity contribution < 1.29 is 19.2 Å². The maximum Gasteiger partial charge on any atom is 0.338 e. The molecule has 0 aromatic heterocycles. The number of benzene rings is 2. The van der Waals surface area contributed by atoms with Gasteiger partial charge in [-0.15, -0.1) is 0 Å². The first-order valence-corrected chi connectivity index (χ1v) is 8.35. The molecule has 2 N–H and O–H groups in total. The number of esters is 1. The number of nitro benzene ring substituents is 1. The fourth-order valence-corrected chi connectivity index (χ4v) is 2.29. The van der Waals surface area contributed by atoms with Crippen LogP contribution in [0.2, 0.25) is 0 Å². The van der Waals surface area contributed by atoms with Crippen LogP contribution in [0.1, 0.15) is 27.6 Å². The summed E-state index contributed by atoms with van der Waals surface area (Å²) in [5.41, 5.74) is 1.46. The molecule has 0 aliphatic rings. The molecule has 0 unspecified atom stereocenters. The number of ether oxygens (including phenoxy) is 1. The summed E-state index contributed by atoms with van der Waals surface area (Å²) in [4.78, 5) is 33.2. The molecule has 0 fully saturated rings. The lowest BCUT2D eigenvalue weighted by atomic mass is 10.1. The summed E-state index contributed by atoms with van der Waals surface area (Å²) >= 11 is 5.10. The van der Waals surface area contributed by atoms with Gasteiger partial charge >= 0.3 is 5.97 Å². The highest BCUT2D eigenvalue weighted by atomic mass is 32.1. The van der Waals surface area contributed by atoms with Gasteiger partial charge < -0.3 is 15.4 Å². The number of carbonyl (C=O) groups excluding carboxylic acids is 2. The van der Waals surface area contributed by atoms with E-state index in [0.717, 1.165) is 0 Å². The third-order valence-corrected chi connectivity index (χ3v) is 3.73. The largest absolute Gasteiger partial charge is 0.460 e. The number of hydrogen-bond donors (Lipinski definition) is 2. The van der Waals surface area contributed by atoms with Crippen molar-refractivity contribution in [2.75, 3.05) is 18.5 Å². The summed E-state index contributed by atoms with van der Waals surface area (Å²) in [6.45, 7) is 1.83. The predicted octanol–water partition coefficient (Wildman–Crippen LogP) is 2.94. The molecule has 27 heavy (non-hydrogen) atoms. The molecule has 0 radical (unpaired) electrons. The first-order chi connectivity index (χ1) is 12.9. The molecule has 0 saturated carbocycles. The molecular formula is C18H17N3O5S. The van der Waals surface area contributed by atoms with Crippen molar-refractivity contribution in [2.24, 2.45) is 0 Å². The van der Waals surface area contributed by atoms with Crippen LogP contribution in [0.4, 0.5) is 11.4 Å². The molecule has 0 amide bonds. The molecule has 2 rings (SSSR count). The predicted molar refractivity (Wildman–Crippen MR) is 104 cm³/mol. The third kappa shape index (κ3) is 6.15. The molecule has 0 spiro atoms. The number of rotatable bonds is 7. The van der Waals surface area contributed by atoms with Crippen LogP contribution >= 0.6 is 12.2 Å². The fourth-order valence-electron chi connectivity index (χ4n) is 2.07. The van der Waals surface area contributed by atoms with Gasteiger partial charge in [-0.25, -0.2) is 4.79 Å². The van der Waals surface area contributed by atoms with E-state index in [-0.39, 0.29) is 24.6 Å². The fraction of sp³-hybridized carbons (Fsp3) is 0.167. The minimum Gasteiger partial charge on any atom is -0.460 e. The summed E-state index contributed by atoms with van der Waals surface area (Å²) in [6.07, 6.45) is 0. The lowest BCUT2D eigenvalue weighted by molar-refractivity contribution is -0.384. The number of nitrogens with zero attached hydrogens (tertiary/aromatic N) is 1. The summed E-state index contributed by atoms with van der Waals surface area (Å²) in [5.74, 6) is -0.575. The number of nitro groups is 1. The molecular weight excluding hydrogens is 370 g/mol. The van der Waals surface area contributed by atoms with Crippen molar-refractivity contribution >= 4 is 40.5 Å². The molecule has 8 nitrogen and oxygen atoms in total. The number of Topliss-reactive ketones (excluding diaryl/α,β-unsaturated/α-hetero) is 1. The number of ketones is 1. The van der Waals surface area contributed by atoms with E-state index in [4.69, 9.17) is 17.0 Å². The average Bonchev–Trinajstić information content (AvgIpc) is 2.65. The van der Waals surface area contributed by atoms with Gasteiger partial charge in [-0.3, -0.25) is 14.9 Å². The Labute approximate surface area is 160 Å². The van der Waals surface area contributed by atoms with Crippen LogP contribution in [0.15, 0.2) is 48.5 Å². The van der Waals surface area contributed by atoms with Gasteiger partial charge in [0.1, 0.15) is 6.61 Å². The number of hydrogen-bond acceptors (Lipinski definition) is 6. The van der Waals surface area contributed by atoms with E-state index in [1.807, 2.05) is 0 Å². The zero-order valence-electron chi connectivity index (χ0n) is 14.4. The Balaban J connectivity index is 1.72.